The molecule has 0 aliphatic carbocycles. The van der Waals surface area contributed by atoms with Crippen molar-refractivity contribution in [2.75, 3.05) is 38.7 Å². The van der Waals surface area contributed by atoms with Gasteiger partial charge in [-0.25, -0.2) is 4.79 Å². The minimum Gasteiger partial charge on any atom is -0.497 e. The maximum Gasteiger partial charge on any atom is 0.338 e. The van der Waals surface area contributed by atoms with Gasteiger partial charge in [-0.2, -0.15) is 0 Å². The Balaban J connectivity index is 1.82. The Morgan fingerprint density at radius 1 is 0.964 bits per heavy atom. The molecule has 28 heavy (non-hydrogen) atoms. The number of carbonyl (C=O) groups excluding carboxylic acids is 2. The van der Waals surface area contributed by atoms with Crippen molar-refractivity contribution >= 4 is 17.6 Å². The fraction of sp³-hybridized carbons (Fsp3) is 0.364. The van der Waals surface area contributed by atoms with E-state index in [1.165, 1.54) is 4.90 Å². The van der Waals surface area contributed by atoms with E-state index in [0.717, 1.165) is 30.9 Å². The van der Waals surface area contributed by atoms with Gasteiger partial charge in [-0.3, -0.25) is 4.79 Å². The van der Waals surface area contributed by atoms with Gasteiger partial charge in [0.15, 0.2) is 0 Å². The topological polar surface area (TPSA) is 69.1 Å². The molecule has 6 heteroatoms. The molecule has 0 heterocycles. The summed E-state index contributed by atoms with van der Waals surface area (Å²) in [5.74, 6) is 0.287. The molecule has 0 fully saturated rings. The molecule has 0 unspecified atom stereocenters. The zero-order chi connectivity index (χ0) is 20.4. The summed E-state index contributed by atoms with van der Waals surface area (Å²) in [6, 6.07) is 14.1. The molecule has 0 aliphatic rings. The number of methoxy groups -OCH3 is 1. The van der Waals surface area contributed by atoms with Gasteiger partial charge in [-0.1, -0.05) is 12.1 Å². The number of ether oxygens (including phenoxy) is 2. The van der Waals surface area contributed by atoms with Gasteiger partial charge in [-0.15, -0.1) is 0 Å². The van der Waals surface area contributed by atoms with Gasteiger partial charge >= 0.3 is 5.97 Å². The van der Waals surface area contributed by atoms with E-state index in [-0.39, 0.29) is 18.3 Å². The Labute approximate surface area is 166 Å². The molecule has 150 valence electrons. The predicted octanol–water partition coefficient (Wildman–Crippen LogP) is 1.96. The van der Waals surface area contributed by atoms with Gasteiger partial charge in [0.25, 0.3) is 0 Å². The van der Waals surface area contributed by atoms with Crippen LogP contribution in [0, 0.1) is 0 Å². The summed E-state index contributed by atoms with van der Waals surface area (Å²) in [6.07, 6.45) is 0.265. The average molecular weight is 385 g/mol. The second kappa shape index (κ2) is 11.1. The number of nitrogens with one attached hydrogen (secondary N) is 2. The van der Waals surface area contributed by atoms with Crippen molar-refractivity contribution in [3.8, 4) is 5.75 Å². The van der Waals surface area contributed by atoms with E-state index in [2.05, 4.69) is 19.2 Å². The van der Waals surface area contributed by atoms with Crippen LogP contribution < -0.4 is 15.0 Å². The van der Waals surface area contributed by atoms with Crippen molar-refractivity contribution in [1.29, 1.82) is 0 Å². The Morgan fingerprint density at radius 3 is 2.18 bits per heavy atom. The molecule has 0 spiro atoms. The van der Waals surface area contributed by atoms with E-state index >= 15 is 0 Å². The number of benzene rings is 2. The highest BCUT2D eigenvalue weighted by Gasteiger charge is 2.10. The Hall–Kier alpha value is -2.86. The van der Waals surface area contributed by atoms with Crippen LogP contribution in [-0.4, -0.2) is 45.2 Å². The molecule has 0 bridgehead atoms. The van der Waals surface area contributed by atoms with Crippen molar-refractivity contribution in [2.24, 2.45) is 0 Å². The quantitative estimate of drug-likeness (QED) is 0.614. The third-order valence-electron chi connectivity index (χ3n) is 4.62. The van der Waals surface area contributed by atoms with Crippen molar-refractivity contribution in [3.63, 3.8) is 0 Å². The summed E-state index contributed by atoms with van der Waals surface area (Å²) in [4.78, 5) is 25.7. The van der Waals surface area contributed by atoms with Crippen LogP contribution in [0.25, 0.3) is 0 Å². The summed E-state index contributed by atoms with van der Waals surface area (Å²) in [5.41, 5.74) is 2.01. The third kappa shape index (κ3) is 6.70. The van der Waals surface area contributed by atoms with E-state index < -0.39 is 0 Å². The summed E-state index contributed by atoms with van der Waals surface area (Å²) >= 11 is 0. The van der Waals surface area contributed by atoms with Gasteiger partial charge in [0.2, 0.25) is 5.91 Å². The maximum absolute atomic E-state index is 12.2. The molecule has 0 atom stereocenters. The van der Waals surface area contributed by atoms with E-state index in [4.69, 9.17) is 9.47 Å². The lowest BCUT2D eigenvalue weighted by molar-refractivity contribution is -0.896. The van der Waals surface area contributed by atoms with Crippen LogP contribution in [0.1, 0.15) is 29.8 Å². The largest absolute Gasteiger partial charge is 0.497 e. The highest BCUT2D eigenvalue weighted by Crippen LogP contribution is 2.14. The normalized spacial score (nSPS) is 10.6. The van der Waals surface area contributed by atoms with Crippen LogP contribution in [0.4, 0.5) is 5.69 Å². The molecule has 1 amide bonds. The van der Waals surface area contributed by atoms with Crippen molar-refractivity contribution in [1.82, 2.24) is 0 Å². The lowest BCUT2D eigenvalue weighted by Gasteiger charge is -2.15. The highest BCUT2D eigenvalue weighted by molar-refractivity contribution is 5.94. The van der Waals surface area contributed by atoms with Crippen molar-refractivity contribution in [3.05, 3.63) is 59.7 Å². The van der Waals surface area contributed by atoms with E-state index in [1.807, 2.05) is 24.3 Å². The van der Waals surface area contributed by atoms with E-state index in [1.54, 1.807) is 31.4 Å². The van der Waals surface area contributed by atoms with Crippen LogP contribution in [0.2, 0.25) is 0 Å². The fourth-order valence-electron chi connectivity index (χ4n) is 2.80. The van der Waals surface area contributed by atoms with Gasteiger partial charge < -0.3 is 19.7 Å². The van der Waals surface area contributed by atoms with E-state index in [9.17, 15) is 9.59 Å². The molecular weight excluding hydrogens is 356 g/mol. The molecule has 6 nitrogen and oxygen atoms in total. The van der Waals surface area contributed by atoms with Crippen molar-refractivity contribution in [2.45, 2.75) is 20.3 Å². The second-order valence-electron chi connectivity index (χ2n) is 6.49. The molecule has 2 rings (SSSR count). The summed E-state index contributed by atoms with van der Waals surface area (Å²) < 4.78 is 10.4. The number of hydrogen-bond donors (Lipinski definition) is 2. The van der Waals surface area contributed by atoms with Gasteiger partial charge in [0, 0.05) is 5.69 Å². The number of hydrogen-bond acceptors (Lipinski definition) is 4. The zero-order valence-electron chi connectivity index (χ0n) is 16.8. The minimum absolute atomic E-state index is 0.123. The standard InChI is InChI=1S/C22H28N2O4/c1-4-24(5-2)14-15-28-22(26)18-8-10-19(11-9-18)23-21(25)16-17-6-12-20(27-3)13-7-17/h6-13H,4-5,14-16H2,1-3H3,(H,23,25)/p+1. The molecule has 0 aliphatic heterocycles. The molecule has 0 aromatic heterocycles. The Morgan fingerprint density at radius 2 is 1.61 bits per heavy atom. The summed E-state index contributed by atoms with van der Waals surface area (Å²) in [6.45, 7) is 7.46. The summed E-state index contributed by atoms with van der Waals surface area (Å²) in [5, 5.41) is 2.83. The molecule has 0 saturated heterocycles. The number of esters is 1. The second-order valence-corrected chi connectivity index (χ2v) is 6.49. The first-order chi connectivity index (χ1) is 13.5. The third-order valence-corrected chi connectivity index (χ3v) is 4.62. The number of quaternary nitrogens is 1. The van der Waals surface area contributed by atoms with Crippen LogP contribution >= 0.6 is 0 Å². The van der Waals surface area contributed by atoms with Gasteiger partial charge in [0.1, 0.15) is 18.9 Å². The predicted molar refractivity (Wildman–Crippen MR) is 109 cm³/mol. The first-order valence-electron chi connectivity index (χ1n) is 9.59. The summed E-state index contributed by atoms with van der Waals surface area (Å²) in [7, 11) is 1.60. The lowest BCUT2D eigenvalue weighted by Crippen LogP contribution is -3.11. The average Bonchev–Trinajstić information content (AvgIpc) is 2.72. The minimum atomic E-state index is -0.345. The smallest absolute Gasteiger partial charge is 0.338 e. The first-order valence-corrected chi connectivity index (χ1v) is 9.59. The SMILES string of the molecule is CC[NH+](CC)CCOC(=O)c1ccc(NC(=O)Cc2ccc(OC)cc2)cc1. The number of anilines is 1. The van der Waals surface area contributed by atoms with Crippen molar-refractivity contribution < 1.29 is 24.0 Å². The monoisotopic (exact) mass is 385 g/mol. The Kier molecular flexibility index (Phi) is 8.49. The first kappa shape index (κ1) is 21.4. The zero-order valence-corrected chi connectivity index (χ0v) is 16.8. The Bertz CT molecular complexity index is 753. The molecular formula is C22H29N2O4+. The van der Waals surface area contributed by atoms with Crippen LogP contribution in [-0.2, 0) is 16.0 Å². The maximum atomic E-state index is 12.2. The van der Waals surface area contributed by atoms with Crippen LogP contribution in [0.15, 0.2) is 48.5 Å². The fourth-order valence-corrected chi connectivity index (χ4v) is 2.80. The molecule has 0 saturated carbocycles. The number of carbonyl (C=O) groups is 2. The number of likely N-dealkylation sites (N-methyl/N-ethyl adjacent to an activating group) is 1. The van der Waals surface area contributed by atoms with E-state index in [0.29, 0.717) is 17.9 Å². The van der Waals surface area contributed by atoms with Gasteiger partial charge in [-0.05, 0) is 55.8 Å². The molecule has 2 aromatic carbocycles. The molecule has 0 radical (unpaired) electrons. The molecule has 2 aromatic rings. The highest BCUT2D eigenvalue weighted by atomic mass is 16.5. The molecule has 2 N–H and O–H groups in total. The number of rotatable bonds is 10. The lowest BCUT2D eigenvalue weighted by atomic mass is 10.1. The van der Waals surface area contributed by atoms with Crippen LogP contribution in [0.3, 0.4) is 0 Å². The van der Waals surface area contributed by atoms with Gasteiger partial charge in [0.05, 0.1) is 32.2 Å². The number of amides is 1. The van der Waals surface area contributed by atoms with Crippen LogP contribution in [0.5, 0.6) is 5.75 Å².